The van der Waals surface area contributed by atoms with Crippen molar-refractivity contribution in [3.8, 4) is 0 Å². The summed E-state index contributed by atoms with van der Waals surface area (Å²) in [6.07, 6.45) is -1.14. The smallest absolute Gasteiger partial charge is 0.414 e. The van der Waals surface area contributed by atoms with Crippen LogP contribution in [0.2, 0.25) is 0 Å². The lowest BCUT2D eigenvalue weighted by Crippen LogP contribution is -2.52. The molecule has 1 atom stereocenters. The van der Waals surface area contributed by atoms with Gasteiger partial charge in [0.05, 0.1) is 35.6 Å². The van der Waals surface area contributed by atoms with Gasteiger partial charge in [0.15, 0.2) is 0 Å². The van der Waals surface area contributed by atoms with Crippen LogP contribution in [0, 0.1) is 5.82 Å². The molecule has 2 aromatic rings. The SMILES string of the molecule is CC(=O)NC[C@H]1CN(c2ccc(N3CCN(C(=O)CN4C(=O)c5ccccc5C4=O)CC3)c(F)c2)C(=O)O1. The second kappa shape index (κ2) is 10.1. The minimum Gasteiger partial charge on any atom is -0.442 e. The van der Waals surface area contributed by atoms with Gasteiger partial charge in [-0.15, -0.1) is 0 Å². The minimum atomic E-state index is -0.613. The molecule has 3 aliphatic rings. The summed E-state index contributed by atoms with van der Waals surface area (Å²) in [4.78, 5) is 66.9. The quantitative estimate of drug-likeness (QED) is 0.566. The molecule has 0 radical (unpaired) electrons. The fourth-order valence-corrected chi connectivity index (χ4v) is 4.83. The summed E-state index contributed by atoms with van der Waals surface area (Å²) in [6.45, 7) is 2.69. The highest BCUT2D eigenvalue weighted by Crippen LogP contribution is 2.29. The van der Waals surface area contributed by atoms with Gasteiger partial charge in [0.1, 0.15) is 18.5 Å². The van der Waals surface area contributed by atoms with E-state index in [1.807, 2.05) is 0 Å². The van der Waals surface area contributed by atoms with Gasteiger partial charge in [0.25, 0.3) is 11.8 Å². The molecule has 0 unspecified atom stereocenters. The molecule has 5 rings (SSSR count). The molecule has 12 heteroatoms. The van der Waals surface area contributed by atoms with E-state index in [1.165, 1.54) is 17.9 Å². The van der Waals surface area contributed by atoms with Gasteiger partial charge in [-0.3, -0.25) is 29.0 Å². The predicted octanol–water partition coefficient (Wildman–Crippen LogP) is 1.23. The second-order valence-electron chi connectivity index (χ2n) is 9.30. The minimum absolute atomic E-state index is 0.175. The molecular weight excluding hydrogens is 497 g/mol. The Kier molecular flexibility index (Phi) is 6.70. The van der Waals surface area contributed by atoms with Crippen LogP contribution in [-0.2, 0) is 14.3 Å². The number of hydrogen-bond acceptors (Lipinski definition) is 7. The summed E-state index contributed by atoms with van der Waals surface area (Å²) in [5.41, 5.74) is 1.26. The normalized spacial score (nSPS) is 19.1. The number of cyclic esters (lactones) is 1. The van der Waals surface area contributed by atoms with E-state index in [0.29, 0.717) is 48.7 Å². The number of amides is 5. The molecule has 3 heterocycles. The highest BCUT2D eigenvalue weighted by molar-refractivity contribution is 6.22. The molecule has 5 amide bonds. The van der Waals surface area contributed by atoms with Crippen LogP contribution in [-0.4, -0.2) is 91.4 Å². The number of anilines is 2. The fraction of sp³-hybridized carbons (Fsp3) is 0.346. The van der Waals surface area contributed by atoms with Crippen LogP contribution in [0.25, 0.3) is 0 Å². The van der Waals surface area contributed by atoms with E-state index in [4.69, 9.17) is 4.74 Å². The average molecular weight is 524 g/mol. The van der Waals surface area contributed by atoms with Crippen LogP contribution in [0.5, 0.6) is 0 Å². The molecule has 0 aromatic heterocycles. The first-order valence-electron chi connectivity index (χ1n) is 12.2. The second-order valence-corrected chi connectivity index (χ2v) is 9.30. The van der Waals surface area contributed by atoms with Crippen molar-refractivity contribution in [2.24, 2.45) is 0 Å². The van der Waals surface area contributed by atoms with E-state index >= 15 is 4.39 Å². The molecule has 0 bridgehead atoms. The summed E-state index contributed by atoms with van der Waals surface area (Å²) in [5.74, 6) is -2.07. The summed E-state index contributed by atoms with van der Waals surface area (Å²) in [6, 6.07) is 10.9. The molecule has 0 aliphatic carbocycles. The number of benzene rings is 2. The standard InChI is InChI=1S/C26H26FN5O6/c1-16(33)28-13-18-14-31(26(37)38-18)17-6-7-22(21(27)12-17)29-8-10-30(11-9-29)23(34)15-32-24(35)19-4-2-3-5-20(19)25(32)36/h2-7,12,18H,8-11,13-15H2,1H3,(H,28,33)/t18-/m0/s1. The van der Waals surface area contributed by atoms with Gasteiger partial charge in [-0.2, -0.15) is 0 Å². The van der Waals surface area contributed by atoms with E-state index in [-0.39, 0.29) is 31.4 Å². The Morgan fingerprint density at radius 2 is 1.66 bits per heavy atom. The number of hydrogen-bond donors (Lipinski definition) is 1. The lowest BCUT2D eigenvalue weighted by atomic mass is 10.1. The summed E-state index contributed by atoms with van der Waals surface area (Å²) in [7, 11) is 0. The number of nitrogens with one attached hydrogen (secondary N) is 1. The lowest BCUT2D eigenvalue weighted by molar-refractivity contribution is -0.131. The number of imide groups is 1. The van der Waals surface area contributed by atoms with Gasteiger partial charge >= 0.3 is 6.09 Å². The van der Waals surface area contributed by atoms with Gasteiger partial charge in [0.2, 0.25) is 11.8 Å². The Balaban J connectivity index is 1.17. The monoisotopic (exact) mass is 523 g/mol. The Hall–Kier alpha value is -4.48. The third-order valence-electron chi connectivity index (χ3n) is 6.84. The zero-order valence-electron chi connectivity index (χ0n) is 20.7. The van der Waals surface area contributed by atoms with Crippen molar-refractivity contribution < 1.29 is 33.1 Å². The van der Waals surface area contributed by atoms with Crippen LogP contribution in [0.3, 0.4) is 0 Å². The number of rotatable bonds is 6. The molecular formula is C26H26FN5O6. The third kappa shape index (κ3) is 4.76. The molecule has 38 heavy (non-hydrogen) atoms. The third-order valence-corrected chi connectivity index (χ3v) is 6.84. The van der Waals surface area contributed by atoms with Gasteiger partial charge in [-0.05, 0) is 30.3 Å². The molecule has 11 nitrogen and oxygen atoms in total. The Bertz CT molecular complexity index is 1290. The predicted molar refractivity (Wildman–Crippen MR) is 133 cm³/mol. The van der Waals surface area contributed by atoms with Crippen molar-refractivity contribution in [1.82, 2.24) is 15.1 Å². The van der Waals surface area contributed by atoms with Crippen LogP contribution >= 0.6 is 0 Å². The van der Waals surface area contributed by atoms with E-state index in [2.05, 4.69) is 5.32 Å². The van der Waals surface area contributed by atoms with Crippen molar-refractivity contribution in [3.63, 3.8) is 0 Å². The number of carbonyl (C=O) groups excluding carboxylic acids is 5. The highest BCUT2D eigenvalue weighted by atomic mass is 19.1. The number of ether oxygens (including phenoxy) is 1. The van der Waals surface area contributed by atoms with Gasteiger partial charge < -0.3 is 19.9 Å². The van der Waals surface area contributed by atoms with E-state index < -0.39 is 29.8 Å². The highest BCUT2D eigenvalue weighted by Gasteiger charge is 2.38. The molecule has 2 saturated heterocycles. The number of carbonyl (C=O) groups is 5. The van der Waals surface area contributed by atoms with Crippen molar-refractivity contribution in [2.45, 2.75) is 13.0 Å². The van der Waals surface area contributed by atoms with E-state index in [0.717, 1.165) is 4.90 Å². The molecule has 3 aliphatic heterocycles. The molecule has 198 valence electrons. The maximum absolute atomic E-state index is 15.1. The van der Waals surface area contributed by atoms with E-state index in [9.17, 15) is 24.0 Å². The Morgan fingerprint density at radius 1 is 1.00 bits per heavy atom. The number of nitrogens with zero attached hydrogens (tertiary/aromatic N) is 4. The number of halogens is 1. The first-order chi connectivity index (χ1) is 18.2. The van der Waals surface area contributed by atoms with Crippen LogP contribution in [0.15, 0.2) is 42.5 Å². The largest absolute Gasteiger partial charge is 0.442 e. The maximum Gasteiger partial charge on any atom is 0.414 e. The van der Waals surface area contributed by atoms with Crippen molar-refractivity contribution >= 4 is 41.1 Å². The molecule has 1 N–H and O–H groups in total. The zero-order valence-corrected chi connectivity index (χ0v) is 20.7. The summed E-state index contributed by atoms with van der Waals surface area (Å²) >= 11 is 0. The van der Waals surface area contributed by atoms with Gasteiger partial charge in [-0.1, -0.05) is 12.1 Å². The Morgan fingerprint density at radius 3 is 2.26 bits per heavy atom. The molecule has 2 aromatic carbocycles. The van der Waals surface area contributed by atoms with Crippen LogP contribution < -0.4 is 15.1 Å². The van der Waals surface area contributed by atoms with E-state index in [1.54, 1.807) is 46.2 Å². The number of fused-ring (bicyclic) bond motifs is 1. The number of piperazine rings is 1. The first-order valence-corrected chi connectivity index (χ1v) is 12.2. The first kappa shape index (κ1) is 25.2. The van der Waals surface area contributed by atoms with Crippen LogP contribution in [0.4, 0.5) is 20.6 Å². The lowest BCUT2D eigenvalue weighted by Gasteiger charge is -2.36. The average Bonchev–Trinajstić information content (AvgIpc) is 3.40. The molecule has 0 spiro atoms. The van der Waals surface area contributed by atoms with Crippen molar-refractivity contribution in [2.75, 3.05) is 55.6 Å². The maximum atomic E-state index is 15.1. The topological polar surface area (TPSA) is 120 Å². The molecule has 2 fully saturated rings. The Labute approximate surface area is 217 Å². The van der Waals surface area contributed by atoms with Gasteiger partial charge in [0, 0.05) is 33.1 Å². The zero-order chi connectivity index (χ0) is 27.0. The summed E-state index contributed by atoms with van der Waals surface area (Å²) in [5, 5.41) is 2.60. The van der Waals surface area contributed by atoms with Crippen molar-refractivity contribution in [1.29, 1.82) is 0 Å². The fourth-order valence-electron chi connectivity index (χ4n) is 4.83. The van der Waals surface area contributed by atoms with Gasteiger partial charge in [-0.25, -0.2) is 9.18 Å². The van der Waals surface area contributed by atoms with Crippen LogP contribution in [0.1, 0.15) is 27.6 Å². The van der Waals surface area contributed by atoms with Crippen molar-refractivity contribution in [3.05, 3.63) is 59.4 Å². The molecule has 0 saturated carbocycles. The summed E-state index contributed by atoms with van der Waals surface area (Å²) < 4.78 is 20.3.